The zero-order valence-electron chi connectivity index (χ0n) is 17.4. The summed E-state index contributed by atoms with van der Waals surface area (Å²) in [4.78, 5) is 37.4. The van der Waals surface area contributed by atoms with Crippen molar-refractivity contribution in [2.75, 3.05) is 0 Å². The van der Waals surface area contributed by atoms with Crippen LogP contribution in [0.3, 0.4) is 0 Å². The molecule has 0 aromatic heterocycles. The molecule has 0 aromatic rings. The zero-order chi connectivity index (χ0) is 20.9. The summed E-state index contributed by atoms with van der Waals surface area (Å²) in [6, 6.07) is 0. The molecule has 0 radical (unpaired) electrons. The Labute approximate surface area is 167 Å². The molecule has 0 heterocycles. The number of aliphatic hydroxyl groups excluding tert-OH is 1. The number of carbonyl (C=O) groups is 3. The van der Waals surface area contributed by atoms with E-state index in [1.807, 2.05) is 6.92 Å². The van der Waals surface area contributed by atoms with Gasteiger partial charge in [0.2, 0.25) is 0 Å². The van der Waals surface area contributed by atoms with Crippen LogP contribution in [-0.4, -0.2) is 40.1 Å². The van der Waals surface area contributed by atoms with E-state index in [1.54, 1.807) is 13.8 Å². The normalized spacial score (nSPS) is 44.6. The van der Waals surface area contributed by atoms with Crippen molar-refractivity contribution in [1.82, 2.24) is 0 Å². The number of Topliss-reactive ketones (excluding diaryl/α,β-unsaturated/α-hetero) is 1. The summed E-state index contributed by atoms with van der Waals surface area (Å²) >= 11 is 0. The maximum atomic E-state index is 13.6. The monoisotopic (exact) mass is 394 g/mol. The fraction of sp³-hybridized carbons (Fsp3) is 0.864. The number of ether oxygens (including phenoxy) is 1. The minimum Gasteiger partial charge on any atom is -0.481 e. The van der Waals surface area contributed by atoms with Crippen LogP contribution in [0.1, 0.15) is 72.6 Å². The molecular formula is C22H34O6. The molecule has 0 saturated heterocycles. The molecule has 3 saturated carbocycles. The maximum absolute atomic E-state index is 13.6. The first-order valence-electron chi connectivity index (χ1n) is 10.6. The molecule has 158 valence electrons. The van der Waals surface area contributed by atoms with Crippen LogP contribution >= 0.6 is 0 Å². The van der Waals surface area contributed by atoms with E-state index >= 15 is 0 Å². The number of carbonyl (C=O) groups excluding carboxylic acids is 2. The molecule has 3 fully saturated rings. The van der Waals surface area contributed by atoms with Gasteiger partial charge in [-0.3, -0.25) is 14.4 Å². The summed E-state index contributed by atoms with van der Waals surface area (Å²) in [5, 5.41) is 20.2. The lowest BCUT2D eigenvalue weighted by Gasteiger charge is -2.50. The Kier molecular flexibility index (Phi) is 5.65. The number of fused-ring (bicyclic) bond motifs is 1. The van der Waals surface area contributed by atoms with Crippen molar-refractivity contribution in [3.63, 3.8) is 0 Å². The highest BCUT2D eigenvalue weighted by atomic mass is 16.5. The second-order valence-electron chi connectivity index (χ2n) is 9.78. The molecule has 6 nitrogen and oxygen atoms in total. The Morgan fingerprint density at radius 2 is 1.82 bits per heavy atom. The van der Waals surface area contributed by atoms with Gasteiger partial charge in [-0.05, 0) is 70.6 Å². The number of rotatable bonds is 4. The van der Waals surface area contributed by atoms with Crippen molar-refractivity contribution in [1.29, 1.82) is 0 Å². The van der Waals surface area contributed by atoms with Gasteiger partial charge in [-0.2, -0.15) is 0 Å². The Morgan fingerprint density at radius 1 is 1.14 bits per heavy atom. The van der Waals surface area contributed by atoms with Crippen molar-refractivity contribution < 1.29 is 29.3 Å². The average Bonchev–Trinajstić information content (AvgIpc) is 2.95. The first-order chi connectivity index (χ1) is 13.0. The highest BCUT2D eigenvalue weighted by molar-refractivity contribution is 5.89. The third kappa shape index (κ3) is 3.27. The number of hydrogen-bond acceptors (Lipinski definition) is 5. The van der Waals surface area contributed by atoms with Gasteiger partial charge >= 0.3 is 11.9 Å². The molecule has 2 N–H and O–H groups in total. The lowest BCUT2D eigenvalue weighted by Crippen LogP contribution is -2.53. The van der Waals surface area contributed by atoms with Gasteiger partial charge in [-0.15, -0.1) is 0 Å². The van der Waals surface area contributed by atoms with Crippen LogP contribution in [0.2, 0.25) is 0 Å². The van der Waals surface area contributed by atoms with Gasteiger partial charge in [0.25, 0.3) is 0 Å². The minimum atomic E-state index is -1.09. The fourth-order valence-corrected chi connectivity index (χ4v) is 6.69. The van der Waals surface area contributed by atoms with Crippen molar-refractivity contribution in [2.45, 2.75) is 84.8 Å². The van der Waals surface area contributed by atoms with Crippen molar-refractivity contribution in [3.8, 4) is 0 Å². The predicted octanol–water partition coefficient (Wildman–Crippen LogP) is 3.20. The van der Waals surface area contributed by atoms with Gasteiger partial charge in [0.1, 0.15) is 11.9 Å². The lowest BCUT2D eigenvalue weighted by molar-refractivity contribution is -0.167. The van der Waals surface area contributed by atoms with E-state index in [4.69, 9.17) is 4.74 Å². The fourth-order valence-electron chi connectivity index (χ4n) is 6.69. The molecule has 0 unspecified atom stereocenters. The van der Waals surface area contributed by atoms with Crippen molar-refractivity contribution in [2.24, 2.45) is 34.5 Å². The number of carboxylic acids is 1. The smallest absolute Gasteiger partial charge is 0.310 e. The Morgan fingerprint density at radius 3 is 2.43 bits per heavy atom. The van der Waals surface area contributed by atoms with Crippen LogP contribution in [0, 0.1) is 34.5 Å². The number of aliphatic hydroxyl groups is 1. The van der Waals surface area contributed by atoms with Crippen molar-refractivity contribution >= 4 is 17.7 Å². The van der Waals surface area contributed by atoms with Crippen LogP contribution in [0.25, 0.3) is 0 Å². The molecule has 0 bridgehead atoms. The number of ketones is 1. The van der Waals surface area contributed by atoms with E-state index in [-0.39, 0.29) is 35.6 Å². The van der Waals surface area contributed by atoms with Crippen LogP contribution < -0.4 is 0 Å². The molecule has 6 heteroatoms. The summed E-state index contributed by atoms with van der Waals surface area (Å²) in [6.45, 7) is 6.86. The van der Waals surface area contributed by atoms with E-state index in [0.717, 1.165) is 6.42 Å². The van der Waals surface area contributed by atoms with Crippen LogP contribution in [0.15, 0.2) is 0 Å². The summed E-state index contributed by atoms with van der Waals surface area (Å²) in [5.74, 6) is -1.75. The largest absolute Gasteiger partial charge is 0.481 e. The molecule has 28 heavy (non-hydrogen) atoms. The number of esters is 1. The van der Waals surface area contributed by atoms with Gasteiger partial charge in [0, 0.05) is 24.2 Å². The molecule has 3 rings (SSSR count). The highest BCUT2D eigenvalue weighted by Gasteiger charge is 2.61. The Balaban J connectivity index is 1.87. The van der Waals surface area contributed by atoms with E-state index in [0.29, 0.717) is 38.5 Å². The third-order valence-corrected chi connectivity index (χ3v) is 8.37. The quantitative estimate of drug-likeness (QED) is 0.710. The number of aliphatic carboxylic acids is 1. The molecule has 0 aliphatic heterocycles. The van der Waals surface area contributed by atoms with Gasteiger partial charge in [-0.25, -0.2) is 0 Å². The van der Waals surface area contributed by atoms with E-state index in [2.05, 4.69) is 0 Å². The first kappa shape index (κ1) is 21.3. The second kappa shape index (κ2) is 7.43. The van der Waals surface area contributed by atoms with Gasteiger partial charge in [0.05, 0.1) is 11.5 Å². The molecule has 0 amide bonds. The zero-order valence-corrected chi connectivity index (χ0v) is 17.4. The van der Waals surface area contributed by atoms with Gasteiger partial charge in [-0.1, -0.05) is 6.92 Å². The number of hydrogen-bond donors (Lipinski definition) is 2. The second-order valence-corrected chi connectivity index (χ2v) is 9.78. The van der Waals surface area contributed by atoms with E-state index in [1.165, 1.54) is 6.92 Å². The molecule has 3 aliphatic carbocycles. The highest BCUT2D eigenvalue weighted by Crippen LogP contribution is 2.58. The first-order valence-corrected chi connectivity index (χ1v) is 10.6. The average molecular weight is 395 g/mol. The van der Waals surface area contributed by atoms with Crippen LogP contribution in [-0.2, 0) is 19.1 Å². The predicted molar refractivity (Wildman–Crippen MR) is 102 cm³/mol. The summed E-state index contributed by atoms with van der Waals surface area (Å²) < 4.78 is 5.34. The maximum Gasteiger partial charge on any atom is 0.310 e. The van der Waals surface area contributed by atoms with Crippen LogP contribution in [0.4, 0.5) is 0 Å². The van der Waals surface area contributed by atoms with Gasteiger partial charge < -0.3 is 14.9 Å². The Bertz CT molecular complexity index is 659. The summed E-state index contributed by atoms with van der Waals surface area (Å²) in [6.07, 6.45) is 4.03. The minimum absolute atomic E-state index is 0.188. The molecule has 8 atom stereocenters. The van der Waals surface area contributed by atoms with Crippen molar-refractivity contribution in [3.05, 3.63) is 0 Å². The molecule has 0 aromatic carbocycles. The van der Waals surface area contributed by atoms with Gasteiger partial charge in [0.15, 0.2) is 0 Å². The lowest BCUT2D eigenvalue weighted by atomic mass is 9.53. The van der Waals surface area contributed by atoms with E-state index < -0.39 is 28.9 Å². The molecule has 3 aliphatic rings. The molecule has 0 spiro atoms. The third-order valence-electron chi connectivity index (χ3n) is 8.37. The topological polar surface area (TPSA) is 101 Å². The van der Waals surface area contributed by atoms with Crippen LogP contribution in [0.5, 0.6) is 0 Å². The summed E-state index contributed by atoms with van der Waals surface area (Å²) in [5.41, 5.74) is -1.55. The summed E-state index contributed by atoms with van der Waals surface area (Å²) in [7, 11) is 0. The molecular weight excluding hydrogens is 360 g/mol. The standard InChI is InChI=1S/C22H34O6/c1-12(28-13(2)23)17-7-8-18(22(17,4)20(26)27)16-6-5-14-11-15(24)9-10-21(14,3)19(16)25/h12,14-18,24H,5-11H2,1-4H3,(H,26,27)/t12-,14-,15-,16+,17+,18-,21+,22+/m1/s1. The SMILES string of the molecule is CC(=O)O[C@H](C)[C@@H]1CC[C@H]([C@@H]2CC[C@@H]3C[C@H](O)CC[C@]3(C)C2=O)[C@@]1(C)C(=O)O. The van der Waals surface area contributed by atoms with E-state index in [9.17, 15) is 24.6 Å². The number of carboxylic acid groups (broad SMARTS) is 1. The Hall–Kier alpha value is -1.43.